The van der Waals surface area contributed by atoms with Gasteiger partial charge in [-0.3, -0.25) is 4.79 Å². The number of esters is 1. The second kappa shape index (κ2) is 7.77. The molecule has 2 aromatic carbocycles. The molecule has 1 fully saturated rings. The standard InChI is InChI=1S/C20H19NO4/c1-24-17(22)12-13-21-18(16-10-6-3-7-11-16)19(20(21)23)25-14-15-8-4-2-5-9-15/h2-13,18-19H,14H2,1H3/b13-12+/t18-,19+/m0/s1. The largest absolute Gasteiger partial charge is 0.466 e. The molecule has 1 saturated heterocycles. The number of nitrogens with zero attached hydrogens (tertiary/aromatic N) is 1. The lowest BCUT2D eigenvalue weighted by atomic mass is 9.91. The Hall–Kier alpha value is -2.92. The number of likely N-dealkylation sites (tertiary alicyclic amines) is 1. The van der Waals surface area contributed by atoms with Crippen molar-refractivity contribution in [1.29, 1.82) is 0 Å². The number of rotatable bonds is 6. The van der Waals surface area contributed by atoms with E-state index in [0.717, 1.165) is 11.1 Å². The fourth-order valence-corrected chi connectivity index (χ4v) is 2.77. The van der Waals surface area contributed by atoms with Gasteiger partial charge in [-0.1, -0.05) is 60.7 Å². The van der Waals surface area contributed by atoms with Gasteiger partial charge in [-0.15, -0.1) is 0 Å². The average Bonchev–Trinajstić information content (AvgIpc) is 2.67. The van der Waals surface area contributed by atoms with E-state index < -0.39 is 12.1 Å². The minimum absolute atomic E-state index is 0.176. The van der Waals surface area contributed by atoms with Crippen molar-refractivity contribution in [2.75, 3.05) is 7.11 Å². The van der Waals surface area contributed by atoms with Crippen LogP contribution in [0.25, 0.3) is 0 Å². The molecule has 128 valence electrons. The van der Waals surface area contributed by atoms with Gasteiger partial charge in [0.25, 0.3) is 5.91 Å². The highest BCUT2D eigenvalue weighted by atomic mass is 16.5. The Kier molecular flexibility index (Phi) is 5.26. The fraction of sp³-hybridized carbons (Fsp3) is 0.200. The maximum absolute atomic E-state index is 12.5. The van der Waals surface area contributed by atoms with E-state index in [0.29, 0.717) is 6.61 Å². The summed E-state index contributed by atoms with van der Waals surface area (Å²) in [6.45, 7) is 0.356. The van der Waals surface area contributed by atoms with E-state index in [-0.39, 0.29) is 11.9 Å². The molecule has 1 amide bonds. The van der Waals surface area contributed by atoms with E-state index in [4.69, 9.17) is 4.74 Å². The SMILES string of the molecule is COC(=O)/C=C/N1C(=O)[C@H](OCc2ccccc2)[C@@H]1c1ccccc1. The molecule has 1 aliphatic heterocycles. The van der Waals surface area contributed by atoms with Crippen molar-refractivity contribution in [2.45, 2.75) is 18.8 Å². The van der Waals surface area contributed by atoms with Crippen LogP contribution in [-0.4, -0.2) is 30.0 Å². The minimum Gasteiger partial charge on any atom is -0.466 e. The molecule has 0 spiro atoms. The topological polar surface area (TPSA) is 55.8 Å². The van der Waals surface area contributed by atoms with Crippen molar-refractivity contribution in [3.63, 3.8) is 0 Å². The van der Waals surface area contributed by atoms with Crippen LogP contribution in [0.4, 0.5) is 0 Å². The second-order valence-electron chi connectivity index (χ2n) is 5.66. The molecule has 0 bridgehead atoms. The molecule has 0 radical (unpaired) electrons. The zero-order valence-corrected chi connectivity index (χ0v) is 13.9. The van der Waals surface area contributed by atoms with Crippen LogP contribution in [0.15, 0.2) is 72.9 Å². The summed E-state index contributed by atoms with van der Waals surface area (Å²) in [5.74, 6) is -0.682. The van der Waals surface area contributed by atoms with Crippen molar-refractivity contribution in [3.8, 4) is 0 Å². The van der Waals surface area contributed by atoms with Gasteiger partial charge in [-0.05, 0) is 11.1 Å². The number of carbonyl (C=O) groups excluding carboxylic acids is 2. The van der Waals surface area contributed by atoms with Gasteiger partial charge >= 0.3 is 5.97 Å². The van der Waals surface area contributed by atoms with Crippen LogP contribution in [0, 0.1) is 0 Å². The van der Waals surface area contributed by atoms with Crippen molar-refractivity contribution < 1.29 is 19.1 Å². The summed E-state index contributed by atoms with van der Waals surface area (Å²) in [6, 6.07) is 19.1. The third-order valence-corrected chi connectivity index (χ3v) is 4.07. The minimum atomic E-state index is -0.579. The number of carbonyl (C=O) groups is 2. The second-order valence-corrected chi connectivity index (χ2v) is 5.66. The highest BCUT2D eigenvalue weighted by Crippen LogP contribution is 2.37. The molecular formula is C20H19NO4. The Bertz CT molecular complexity index is 758. The molecule has 5 heteroatoms. The normalized spacial score (nSPS) is 19.7. The van der Waals surface area contributed by atoms with E-state index in [1.807, 2.05) is 60.7 Å². The number of benzene rings is 2. The Balaban J connectivity index is 1.76. The number of methoxy groups -OCH3 is 1. The number of β-lactam (4-membered cyclic amide) rings is 1. The quantitative estimate of drug-likeness (QED) is 0.462. The first-order valence-corrected chi connectivity index (χ1v) is 7.99. The summed E-state index contributed by atoms with van der Waals surface area (Å²) in [4.78, 5) is 25.3. The summed E-state index contributed by atoms with van der Waals surface area (Å²) in [6.07, 6.45) is 2.11. The van der Waals surface area contributed by atoms with Crippen molar-refractivity contribution >= 4 is 11.9 Å². The lowest BCUT2D eigenvalue weighted by Crippen LogP contribution is -2.57. The molecule has 5 nitrogen and oxygen atoms in total. The van der Waals surface area contributed by atoms with Crippen molar-refractivity contribution in [3.05, 3.63) is 84.1 Å². The Labute approximate surface area is 146 Å². The van der Waals surface area contributed by atoms with Crippen LogP contribution in [0.5, 0.6) is 0 Å². The summed E-state index contributed by atoms with van der Waals surface area (Å²) >= 11 is 0. The monoisotopic (exact) mass is 337 g/mol. The Morgan fingerprint density at radius 3 is 2.36 bits per heavy atom. The van der Waals surface area contributed by atoms with Crippen LogP contribution >= 0.6 is 0 Å². The lowest BCUT2D eigenvalue weighted by Gasteiger charge is -2.45. The molecule has 1 heterocycles. The molecule has 2 atom stereocenters. The highest BCUT2D eigenvalue weighted by molar-refractivity contribution is 5.91. The van der Waals surface area contributed by atoms with Gasteiger partial charge in [-0.2, -0.15) is 0 Å². The van der Waals surface area contributed by atoms with Crippen LogP contribution < -0.4 is 0 Å². The molecule has 3 rings (SSSR count). The van der Waals surface area contributed by atoms with Gasteiger partial charge in [0.05, 0.1) is 19.8 Å². The van der Waals surface area contributed by atoms with E-state index in [2.05, 4.69) is 4.74 Å². The van der Waals surface area contributed by atoms with Gasteiger partial charge in [0.2, 0.25) is 0 Å². The van der Waals surface area contributed by atoms with E-state index >= 15 is 0 Å². The van der Waals surface area contributed by atoms with Gasteiger partial charge < -0.3 is 14.4 Å². The summed E-state index contributed by atoms with van der Waals surface area (Å²) < 4.78 is 10.4. The first-order chi connectivity index (χ1) is 12.2. The summed E-state index contributed by atoms with van der Waals surface area (Å²) in [5, 5.41) is 0. The van der Waals surface area contributed by atoms with Crippen molar-refractivity contribution in [1.82, 2.24) is 4.90 Å². The van der Waals surface area contributed by atoms with E-state index in [9.17, 15) is 9.59 Å². The first-order valence-electron chi connectivity index (χ1n) is 7.99. The zero-order valence-electron chi connectivity index (χ0n) is 13.9. The van der Waals surface area contributed by atoms with Crippen LogP contribution in [0.2, 0.25) is 0 Å². The third kappa shape index (κ3) is 3.78. The molecule has 2 aromatic rings. The molecule has 1 aliphatic rings. The first kappa shape index (κ1) is 16.9. The molecule has 0 unspecified atom stereocenters. The molecule has 25 heavy (non-hydrogen) atoms. The van der Waals surface area contributed by atoms with Crippen molar-refractivity contribution in [2.24, 2.45) is 0 Å². The van der Waals surface area contributed by atoms with Crippen LogP contribution in [0.3, 0.4) is 0 Å². The van der Waals surface area contributed by atoms with Crippen LogP contribution in [0.1, 0.15) is 17.2 Å². The molecule has 0 aliphatic carbocycles. The maximum Gasteiger partial charge on any atom is 0.331 e. The molecule has 0 aromatic heterocycles. The number of amides is 1. The van der Waals surface area contributed by atoms with Gasteiger partial charge in [-0.25, -0.2) is 4.79 Å². The summed E-state index contributed by atoms with van der Waals surface area (Å²) in [7, 11) is 1.30. The molecule has 0 N–H and O–H groups in total. The van der Waals surface area contributed by atoms with Gasteiger partial charge in [0.1, 0.15) is 0 Å². The fourth-order valence-electron chi connectivity index (χ4n) is 2.77. The summed E-state index contributed by atoms with van der Waals surface area (Å²) in [5.41, 5.74) is 1.96. The Morgan fingerprint density at radius 1 is 1.08 bits per heavy atom. The lowest BCUT2D eigenvalue weighted by molar-refractivity contribution is -0.170. The molecular weight excluding hydrogens is 318 g/mol. The van der Waals surface area contributed by atoms with Gasteiger partial charge in [0.15, 0.2) is 6.10 Å². The van der Waals surface area contributed by atoms with E-state index in [1.54, 1.807) is 0 Å². The number of hydrogen-bond donors (Lipinski definition) is 0. The van der Waals surface area contributed by atoms with Gasteiger partial charge in [0, 0.05) is 12.3 Å². The Morgan fingerprint density at radius 2 is 1.72 bits per heavy atom. The van der Waals surface area contributed by atoms with Crippen LogP contribution in [-0.2, 0) is 25.7 Å². The van der Waals surface area contributed by atoms with E-state index in [1.165, 1.54) is 24.3 Å². The number of ether oxygens (including phenoxy) is 2. The predicted octanol–water partition coefficient (Wildman–Crippen LogP) is 2.84. The average molecular weight is 337 g/mol. The predicted molar refractivity (Wildman–Crippen MR) is 92.2 cm³/mol. The highest BCUT2D eigenvalue weighted by Gasteiger charge is 2.48. The smallest absolute Gasteiger partial charge is 0.331 e. The maximum atomic E-state index is 12.5. The number of hydrogen-bond acceptors (Lipinski definition) is 4. The zero-order chi connectivity index (χ0) is 17.6. The molecule has 0 saturated carbocycles. The third-order valence-electron chi connectivity index (χ3n) is 4.07.